The number of hydrogen-bond acceptors (Lipinski definition) is 6. The number of amides is 1. The number of carbonyl (C=O) groups is 1. The van der Waals surface area contributed by atoms with Gasteiger partial charge in [0.2, 0.25) is 9.84 Å². The number of sulfone groups is 1. The van der Waals surface area contributed by atoms with Gasteiger partial charge in [-0.1, -0.05) is 42.5 Å². The van der Waals surface area contributed by atoms with Crippen molar-refractivity contribution >= 4 is 15.7 Å². The highest BCUT2D eigenvalue weighted by atomic mass is 32.2. The zero-order valence-electron chi connectivity index (χ0n) is 17.4. The van der Waals surface area contributed by atoms with Gasteiger partial charge in [0.25, 0.3) is 5.91 Å². The molecule has 3 aromatic carbocycles. The normalized spacial score (nSPS) is 12.4. The van der Waals surface area contributed by atoms with Gasteiger partial charge in [-0.25, -0.2) is 8.42 Å². The van der Waals surface area contributed by atoms with Crippen LogP contribution in [0.4, 0.5) is 0 Å². The van der Waals surface area contributed by atoms with Crippen LogP contribution in [0.2, 0.25) is 0 Å². The van der Waals surface area contributed by atoms with Gasteiger partial charge >= 0.3 is 0 Å². The standard InChI is InChI=1S/C24H26N2O5S/c25-24(29)21-15-20(12-13-22(21)27)32(30,31)19-10-8-17(9-11-19)5-4-14-26-16-23(28)18-6-2-1-3-7-18/h1-3,6-13,15,23,26-28H,4-5,14,16H2,(H2,25,29)/t23-/m1/s1. The molecule has 0 bridgehead atoms. The average Bonchev–Trinajstić information content (AvgIpc) is 2.79. The number of carbonyl (C=O) groups excluding carboxylic acids is 1. The van der Waals surface area contributed by atoms with Gasteiger partial charge in [-0.15, -0.1) is 0 Å². The Morgan fingerprint density at radius 1 is 0.969 bits per heavy atom. The van der Waals surface area contributed by atoms with Gasteiger partial charge in [0, 0.05) is 6.54 Å². The van der Waals surface area contributed by atoms with Crippen molar-refractivity contribution in [3.05, 3.63) is 89.5 Å². The maximum absolute atomic E-state index is 12.8. The molecular weight excluding hydrogens is 428 g/mol. The fourth-order valence-corrected chi connectivity index (χ4v) is 4.59. The summed E-state index contributed by atoms with van der Waals surface area (Å²) in [5.41, 5.74) is 6.80. The van der Waals surface area contributed by atoms with E-state index in [4.69, 9.17) is 5.73 Å². The highest BCUT2D eigenvalue weighted by Crippen LogP contribution is 2.26. The van der Waals surface area contributed by atoms with E-state index >= 15 is 0 Å². The fraction of sp³-hybridized carbons (Fsp3) is 0.208. The molecule has 3 aromatic rings. The highest BCUT2D eigenvalue weighted by molar-refractivity contribution is 7.91. The molecule has 5 N–H and O–H groups in total. The molecule has 7 nitrogen and oxygen atoms in total. The molecule has 32 heavy (non-hydrogen) atoms. The van der Waals surface area contributed by atoms with Gasteiger partial charge < -0.3 is 21.3 Å². The predicted molar refractivity (Wildman–Crippen MR) is 121 cm³/mol. The van der Waals surface area contributed by atoms with Crippen molar-refractivity contribution in [1.82, 2.24) is 5.32 Å². The number of aromatic hydroxyl groups is 1. The lowest BCUT2D eigenvalue weighted by Gasteiger charge is -2.12. The molecule has 0 aromatic heterocycles. The lowest BCUT2D eigenvalue weighted by molar-refractivity contribution is 0.0997. The van der Waals surface area contributed by atoms with Crippen LogP contribution in [0.5, 0.6) is 5.75 Å². The monoisotopic (exact) mass is 454 g/mol. The summed E-state index contributed by atoms with van der Waals surface area (Å²) < 4.78 is 25.7. The minimum Gasteiger partial charge on any atom is -0.507 e. The third-order valence-electron chi connectivity index (χ3n) is 5.12. The first kappa shape index (κ1) is 23.5. The zero-order valence-corrected chi connectivity index (χ0v) is 18.3. The second kappa shape index (κ2) is 10.4. The molecule has 0 heterocycles. The number of benzene rings is 3. The third kappa shape index (κ3) is 5.73. The Morgan fingerprint density at radius 3 is 2.28 bits per heavy atom. The van der Waals surface area contributed by atoms with Crippen molar-refractivity contribution in [2.75, 3.05) is 13.1 Å². The summed E-state index contributed by atoms with van der Waals surface area (Å²) >= 11 is 0. The van der Waals surface area contributed by atoms with Crippen molar-refractivity contribution < 1.29 is 23.4 Å². The molecule has 0 fully saturated rings. The van der Waals surface area contributed by atoms with Crippen molar-refractivity contribution in [3.8, 4) is 5.75 Å². The van der Waals surface area contributed by atoms with E-state index in [0.717, 1.165) is 36.1 Å². The number of primary amides is 1. The van der Waals surface area contributed by atoms with Crippen LogP contribution in [0, 0.1) is 0 Å². The molecule has 1 atom stereocenters. The first-order valence-corrected chi connectivity index (χ1v) is 11.7. The Labute approximate surface area is 187 Å². The number of nitrogens with two attached hydrogens (primary N) is 1. The van der Waals surface area contributed by atoms with Crippen LogP contribution in [0.15, 0.2) is 82.6 Å². The smallest absolute Gasteiger partial charge is 0.252 e. The van der Waals surface area contributed by atoms with Gasteiger partial charge in [0.15, 0.2) is 0 Å². The zero-order chi connectivity index (χ0) is 23.1. The molecule has 0 radical (unpaired) electrons. The number of aryl methyl sites for hydroxylation is 1. The average molecular weight is 455 g/mol. The second-order valence-electron chi connectivity index (χ2n) is 7.42. The van der Waals surface area contributed by atoms with E-state index in [1.807, 2.05) is 30.3 Å². The molecule has 168 valence electrons. The Morgan fingerprint density at radius 2 is 1.62 bits per heavy atom. The predicted octanol–water partition coefficient (Wildman–Crippen LogP) is 2.58. The van der Waals surface area contributed by atoms with Crippen LogP contribution in [0.25, 0.3) is 0 Å². The molecular formula is C24H26N2O5S. The van der Waals surface area contributed by atoms with E-state index in [1.165, 1.54) is 18.2 Å². The number of hydrogen-bond donors (Lipinski definition) is 4. The number of nitrogens with one attached hydrogen (secondary N) is 1. The van der Waals surface area contributed by atoms with E-state index in [9.17, 15) is 23.4 Å². The van der Waals surface area contributed by atoms with E-state index < -0.39 is 21.8 Å². The lowest BCUT2D eigenvalue weighted by Crippen LogP contribution is -2.22. The van der Waals surface area contributed by atoms with Crippen LogP contribution in [-0.4, -0.2) is 37.6 Å². The van der Waals surface area contributed by atoms with Crippen molar-refractivity contribution in [1.29, 1.82) is 0 Å². The molecule has 0 saturated heterocycles. The SMILES string of the molecule is NC(=O)c1cc(S(=O)(=O)c2ccc(CCCNC[C@@H](O)c3ccccc3)cc2)ccc1O. The maximum Gasteiger partial charge on any atom is 0.252 e. The maximum atomic E-state index is 12.8. The molecule has 0 spiro atoms. The Kier molecular flexibility index (Phi) is 7.63. The van der Waals surface area contributed by atoms with E-state index in [-0.39, 0.29) is 21.1 Å². The molecule has 0 saturated carbocycles. The van der Waals surface area contributed by atoms with E-state index in [1.54, 1.807) is 12.1 Å². The summed E-state index contributed by atoms with van der Waals surface area (Å²) in [7, 11) is -3.85. The molecule has 0 aliphatic rings. The van der Waals surface area contributed by atoms with Gasteiger partial charge in [-0.05, 0) is 60.8 Å². The van der Waals surface area contributed by atoms with Gasteiger partial charge in [-0.3, -0.25) is 4.79 Å². The topological polar surface area (TPSA) is 130 Å². The largest absolute Gasteiger partial charge is 0.507 e. The molecule has 3 rings (SSSR count). The van der Waals surface area contributed by atoms with Crippen molar-refractivity contribution in [2.24, 2.45) is 5.73 Å². The first-order chi connectivity index (χ1) is 15.3. The van der Waals surface area contributed by atoms with E-state index in [2.05, 4.69) is 5.32 Å². The van der Waals surface area contributed by atoms with Crippen LogP contribution in [0.1, 0.15) is 34.0 Å². The Bertz CT molecular complexity index is 1160. The summed E-state index contributed by atoms with van der Waals surface area (Å²) in [6, 6.07) is 19.5. The fourth-order valence-electron chi connectivity index (χ4n) is 3.30. The third-order valence-corrected chi connectivity index (χ3v) is 6.89. The second-order valence-corrected chi connectivity index (χ2v) is 9.37. The number of aliphatic hydroxyl groups is 1. The lowest BCUT2D eigenvalue weighted by atomic mass is 10.1. The van der Waals surface area contributed by atoms with Crippen molar-refractivity contribution in [2.45, 2.75) is 28.7 Å². The quantitative estimate of drug-likeness (QED) is 0.349. The molecule has 0 aliphatic heterocycles. The van der Waals surface area contributed by atoms with Gasteiger partial charge in [-0.2, -0.15) is 0 Å². The summed E-state index contributed by atoms with van der Waals surface area (Å²) in [4.78, 5) is 11.4. The first-order valence-electron chi connectivity index (χ1n) is 10.2. The Balaban J connectivity index is 1.54. The minimum atomic E-state index is -3.85. The van der Waals surface area contributed by atoms with E-state index in [0.29, 0.717) is 13.1 Å². The summed E-state index contributed by atoms with van der Waals surface area (Å²) in [5.74, 6) is -1.27. The summed E-state index contributed by atoms with van der Waals surface area (Å²) in [6.07, 6.45) is 1.02. The molecule has 0 unspecified atom stereocenters. The van der Waals surface area contributed by atoms with Crippen LogP contribution >= 0.6 is 0 Å². The van der Waals surface area contributed by atoms with Crippen LogP contribution < -0.4 is 11.1 Å². The van der Waals surface area contributed by atoms with Gasteiger partial charge in [0.1, 0.15) is 5.75 Å². The van der Waals surface area contributed by atoms with Gasteiger partial charge in [0.05, 0.1) is 21.5 Å². The summed E-state index contributed by atoms with van der Waals surface area (Å²) in [5, 5.41) is 23.0. The molecule has 8 heteroatoms. The van der Waals surface area contributed by atoms with Crippen LogP contribution in [-0.2, 0) is 16.3 Å². The minimum absolute atomic E-state index is 0.0893. The summed E-state index contributed by atoms with van der Waals surface area (Å²) in [6.45, 7) is 1.18. The number of aliphatic hydroxyl groups excluding tert-OH is 1. The Hall–Kier alpha value is -3.20. The highest BCUT2D eigenvalue weighted by Gasteiger charge is 2.20. The van der Waals surface area contributed by atoms with Crippen LogP contribution in [0.3, 0.4) is 0 Å². The number of rotatable bonds is 10. The van der Waals surface area contributed by atoms with Crippen molar-refractivity contribution in [3.63, 3.8) is 0 Å². The molecule has 1 amide bonds. The number of phenols is 1. The molecule has 0 aliphatic carbocycles.